The number of aliphatic imine (C=N–C) groups is 1. The van der Waals surface area contributed by atoms with Gasteiger partial charge >= 0.3 is 0 Å². The van der Waals surface area contributed by atoms with Gasteiger partial charge in [-0.05, 0) is 13.8 Å². The molecule has 0 amide bonds. The van der Waals surface area contributed by atoms with Crippen molar-refractivity contribution in [2.24, 2.45) is 10.7 Å². The third-order valence-electron chi connectivity index (χ3n) is 3.99. The highest BCUT2D eigenvalue weighted by molar-refractivity contribution is 6.27. The Morgan fingerprint density at radius 2 is 2.33 bits per heavy atom. The maximum absolute atomic E-state index is 10.5. The number of aromatic nitrogens is 2. The molecule has 0 aliphatic carbocycles. The lowest BCUT2D eigenvalue weighted by molar-refractivity contribution is -0.0757. The molecule has 9 heteroatoms. The summed E-state index contributed by atoms with van der Waals surface area (Å²) in [6.45, 7) is 6.96. The van der Waals surface area contributed by atoms with Gasteiger partial charge in [0.15, 0.2) is 22.9 Å². The number of fused-ring (bicyclic) bond motifs is 1. The Morgan fingerprint density at radius 3 is 2.96 bits per heavy atom. The summed E-state index contributed by atoms with van der Waals surface area (Å²) in [5.74, 6) is 6.03. The number of hydrogen-bond donors (Lipinski definition) is 4. The molecule has 128 valence electrons. The molecule has 0 radical (unpaired) electrons. The number of aliphatic hydroxyl groups is 2. The second-order valence-electron chi connectivity index (χ2n) is 5.71. The van der Waals surface area contributed by atoms with E-state index in [4.69, 9.17) is 22.1 Å². The van der Waals surface area contributed by atoms with Crippen molar-refractivity contribution in [3.05, 3.63) is 18.6 Å². The molecular formula is C15H18ClN5O3. The molecular weight excluding hydrogens is 334 g/mol. The van der Waals surface area contributed by atoms with Gasteiger partial charge in [0, 0.05) is 0 Å². The van der Waals surface area contributed by atoms with Crippen LogP contribution in [0.2, 0.25) is 0 Å². The highest BCUT2D eigenvalue weighted by Gasteiger charge is 2.57. The van der Waals surface area contributed by atoms with Crippen molar-refractivity contribution in [3.8, 4) is 11.8 Å². The van der Waals surface area contributed by atoms with Gasteiger partial charge in [0.25, 0.3) is 0 Å². The Hall–Kier alpha value is -2.05. The van der Waals surface area contributed by atoms with E-state index in [0.29, 0.717) is 17.2 Å². The third-order valence-corrected chi connectivity index (χ3v) is 4.50. The monoisotopic (exact) mass is 351 g/mol. The Kier molecular flexibility index (Phi) is 4.05. The molecule has 2 aliphatic heterocycles. The molecule has 2 aliphatic rings. The summed E-state index contributed by atoms with van der Waals surface area (Å²) in [4.78, 5) is 6.99. The largest absolute Gasteiger partial charge is 0.391 e. The van der Waals surface area contributed by atoms with Crippen LogP contribution in [0.15, 0.2) is 17.9 Å². The first-order valence-corrected chi connectivity index (χ1v) is 7.69. The van der Waals surface area contributed by atoms with E-state index < -0.39 is 29.4 Å². The van der Waals surface area contributed by atoms with Gasteiger partial charge in [-0.25, -0.2) is 4.98 Å². The Bertz CT molecular complexity index is 778. The quantitative estimate of drug-likeness (QED) is 0.441. The van der Waals surface area contributed by atoms with Crippen LogP contribution in [0.1, 0.15) is 25.8 Å². The van der Waals surface area contributed by atoms with Gasteiger partial charge in [-0.1, -0.05) is 24.1 Å². The van der Waals surface area contributed by atoms with E-state index in [0.717, 1.165) is 0 Å². The van der Waals surface area contributed by atoms with Crippen LogP contribution in [0.25, 0.3) is 5.70 Å². The molecule has 3 rings (SSSR count). The van der Waals surface area contributed by atoms with Crippen LogP contribution in [-0.2, 0) is 4.74 Å². The fourth-order valence-electron chi connectivity index (χ4n) is 2.89. The molecule has 0 spiro atoms. The minimum Gasteiger partial charge on any atom is -0.391 e. The second-order valence-corrected chi connectivity index (χ2v) is 6.33. The number of alkyl halides is 1. The fourth-order valence-corrected chi connectivity index (χ4v) is 3.26. The van der Waals surface area contributed by atoms with Gasteiger partial charge in [-0.3, -0.25) is 4.57 Å². The molecule has 1 aromatic rings. The molecule has 5 atom stereocenters. The predicted molar refractivity (Wildman–Crippen MR) is 89.3 cm³/mol. The van der Waals surface area contributed by atoms with E-state index in [9.17, 15) is 10.2 Å². The summed E-state index contributed by atoms with van der Waals surface area (Å²) in [6.07, 6.45) is -2.50. The van der Waals surface area contributed by atoms with Crippen molar-refractivity contribution in [3.63, 3.8) is 0 Å². The van der Waals surface area contributed by atoms with E-state index >= 15 is 0 Å². The zero-order chi connectivity index (χ0) is 17.6. The van der Waals surface area contributed by atoms with E-state index in [-0.39, 0.29) is 5.96 Å². The molecule has 1 fully saturated rings. The van der Waals surface area contributed by atoms with Gasteiger partial charge in [0.1, 0.15) is 17.9 Å². The first-order valence-electron chi connectivity index (χ1n) is 7.31. The molecule has 2 unspecified atom stereocenters. The van der Waals surface area contributed by atoms with Crippen molar-refractivity contribution in [2.75, 3.05) is 0 Å². The fraction of sp³-hybridized carbons (Fsp3) is 0.467. The number of nitrogens with two attached hydrogens (primary N) is 1. The second kappa shape index (κ2) is 5.79. The summed E-state index contributed by atoms with van der Waals surface area (Å²) >= 11 is 6.61. The minimum absolute atomic E-state index is 0.154. The highest BCUT2D eigenvalue weighted by Crippen LogP contribution is 2.46. The van der Waals surface area contributed by atoms with Crippen molar-refractivity contribution in [2.45, 2.75) is 43.3 Å². The molecule has 1 aromatic heterocycles. The molecule has 0 bridgehead atoms. The first kappa shape index (κ1) is 16.8. The summed E-state index contributed by atoms with van der Waals surface area (Å²) in [5.41, 5.74) is 6.72. The minimum atomic E-state index is -1.47. The van der Waals surface area contributed by atoms with Crippen LogP contribution >= 0.6 is 11.6 Å². The van der Waals surface area contributed by atoms with E-state index in [2.05, 4.69) is 33.7 Å². The Labute approximate surface area is 144 Å². The number of rotatable bonds is 2. The lowest BCUT2D eigenvalue weighted by Gasteiger charge is -2.26. The van der Waals surface area contributed by atoms with Crippen LogP contribution in [0.4, 0.5) is 5.82 Å². The molecule has 24 heavy (non-hydrogen) atoms. The zero-order valence-corrected chi connectivity index (χ0v) is 13.9. The number of ether oxygens (including phenoxy) is 1. The van der Waals surface area contributed by atoms with Crippen molar-refractivity contribution >= 4 is 29.1 Å². The number of nitrogens with one attached hydrogen (secondary N) is 1. The standard InChI is InChI=1S/C15H18ClN5O3/c1-4-5-15(16)11(23)10(8(3)22)24-13(15)21-6-18-9-7(2)19-14(17)20-12(9)21/h6,8,10-11,13,22-23H,2H2,1,3H3,(H3,17,19,20)/t8-,10?,11?,13+,15+/m0/s1. The Morgan fingerprint density at radius 1 is 1.62 bits per heavy atom. The van der Waals surface area contributed by atoms with E-state index in [1.807, 2.05) is 0 Å². The van der Waals surface area contributed by atoms with Gasteiger partial charge in [-0.2, -0.15) is 4.99 Å². The van der Waals surface area contributed by atoms with E-state index in [1.165, 1.54) is 17.8 Å². The normalized spacial score (nSPS) is 33.1. The van der Waals surface area contributed by atoms with Gasteiger partial charge in [0.2, 0.25) is 0 Å². The summed E-state index contributed by atoms with van der Waals surface area (Å²) in [5, 5.41) is 23.2. The number of imidazole rings is 1. The molecule has 5 N–H and O–H groups in total. The molecule has 0 aromatic carbocycles. The van der Waals surface area contributed by atoms with Crippen molar-refractivity contribution in [1.82, 2.24) is 14.9 Å². The van der Waals surface area contributed by atoms with E-state index in [1.54, 1.807) is 6.92 Å². The molecule has 3 heterocycles. The van der Waals surface area contributed by atoms with Gasteiger partial charge in [-0.15, -0.1) is 5.92 Å². The lowest BCUT2D eigenvalue weighted by atomic mass is 9.96. The average molecular weight is 352 g/mol. The van der Waals surface area contributed by atoms with Gasteiger partial charge < -0.3 is 26.0 Å². The topological polar surface area (TPSA) is 118 Å². The molecule has 1 saturated heterocycles. The average Bonchev–Trinajstić information content (AvgIpc) is 3.00. The maximum Gasteiger partial charge on any atom is 0.199 e. The van der Waals surface area contributed by atoms with Crippen LogP contribution in [-0.4, -0.2) is 48.9 Å². The highest BCUT2D eigenvalue weighted by atomic mass is 35.5. The first-order chi connectivity index (χ1) is 11.3. The van der Waals surface area contributed by atoms with Crippen LogP contribution in [0.3, 0.4) is 0 Å². The number of nitrogens with zero attached hydrogens (tertiary/aromatic N) is 3. The number of halogens is 1. The smallest absolute Gasteiger partial charge is 0.199 e. The van der Waals surface area contributed by atoms with Crippen LogP contribution in [0, 0.1) is 11.8 Å². The van der Waals surface area contributed by atoms with Crippen molar-refractivity contribution < 1.29 is 14.9 Å². The number of aliphatic hydroxyl groups excluding tert-OH is 2. The predicted octanol–water partition coefficient (Wildman–Crippen LogP) is 0.0432. The zero-order valence-electron chi connectivity index (χ0n) is 13.2. The molecule has 8 nitrogen and oxygen atoms in total. The number of guanidine groups is 1. The maximum atomic E-state index is 10.5. The summed E-state index contributed by atoms with van der Waals surface area (Å²) in [6, 6.07) is 0. The summed E-state index contributed by atoms with van der Waals surface area (Å²) < 4.78 is 7.35. The lowest BCUT2D eigenvalue weighted by Crippen LogP contribution is -2.43. The van der Waals surface area contributed by atoms with Crippen LogP contribution < -0.4 is 11.1 Å². The van der Waals surface area contributed by atoms with Gasteiger partial charge in [0.05, 0.1) is 18.1 Å². The SMILES string of the molecule is C=C1NC(N)=Nc2c1ncn2[C@@H]1OC([C@H](C)O)C(O)[C@]1(Cl)C#CC. The molecule has 0 saturated carbocycles. The number of hydrogen-bond acceptors (Lipinski definition) is 7. The van der Waals surface area contributed by atoms with Crippen molar-refractivity contribution in [1.29, 1.82) is 0 Å². The third kappa shape index (κ3) is 2.37. The van der Waals surface area contributed by atoms with Crippen LogP contribution in [0.5, 0.6) is 0 Å². The summed E-state index contributed by atoms with van der Waals surface area (Å²) in [7, 11) is 0. The Balaban J connectivity index is 2.12.